The number of allylic oxidation sites excluding steroid dienone is 1. The van der Waals surface area contributed by atoms with E-state index >= 15 is 0 Å². The van der Waals surface area contributed by atoms with Crippen molar-refractivity contribution >= 4 is 12.4 Å². The number of hydroxylamine groups is 1. The molecule has 0 spiro atoms. The molecule has 0 aromatic carbocycles. The van der Waals surface area contributed by atoms with Crippen LogP contribution in [0.15, 0.2) is 12.2 Å². The van der Waals surface area contributed by atoms with Crippen molar-refractivity contribution in [3.8, 4) is 0 Å². The second-order valence-corrected chi connectivity index (χ2v) is 14.8. The molecule has 5 aliphatic carbocycles. The molecule has 2 N–H and O–H groups in total. The van der Waals surface area contributed by atoms with Crippen molar-refractivity contribution in [2.75, 3.05) is 0 Å². The fraction of sp³-hybridized carbons (Fsp3) is 0.871. The second-order valence-electron chi connectivity index (χ2n) is 14.8. The highest BCUT2D eigenvalue weighted by atomic mass is 16.7. The van der Waals surface area contributed by atoms with E-state index in [-0.39, 0.29) is 39.7 Å². The molecule has 0 aliphatic heterocycles. The van der Waals surface area contributed by atoms with Gasteiger partial charge in [-0.25, -0.2) is 4.79 Å². The maximum Gasteiger partial charge on any atom is 0.338 e. The minimum absolute atomic E-state index is 0.0420. The van der Waals surface area contributed by atoms with E-state index in [4.69, 9.17) is 4.84 Å². The van der Waals surface area contributed by atoms with Gasteiger partial charge >= 0.3 is 5.97 Å². The maximum atomic E-state index is 13.5. The van der Waals surface area contributed by atoms with Gasteiger partial charge in [0, 0.05) is 0 Å². The van der Waals surface area contributed by atoms with Crippen molar-refractivity contribution in [3.05, 3.63) is 12.2 Å². The molecule has 0 aromatic rings. The normalized spacial score (nSPS) is 51.1. The summed E-state index contributed by atoms with van der Waals surface area (Å²) in [6.07, 6.45) is 10.7. The summed E-state index contributed by atoms with van der Waals surface area (Å²) in [5.41, 5.74) is 3.43. The van der Waals surface area contributed by atoms with Crippen LogP contribution in [0.4, 0.5) is 0 Å². The SMILES string of the molecule is C=C(C)[C@@H]1CC[C@]2(C(=O)ONC=O)CC[C@]3(C)[C@H](CC[C@@H]4[C@@]5(C)CC[C@H](O)C(C)(C)[C@@H]5CC[C@]43C)[C@@H]12. The van der Waals surface area contributed by atoms with Crippen LogP contribution in [0.1, 0.15) is 106 Å². The summed E-state index contributed by atoms with van der Waals surface area (Å²) in [6, 6.07) is 0. The average Bonchev–Trinajstić information content (AvgIpc) is 3.22. The molecule has 0 saturated heterocycles. The van der Waals surface area contributed by atoms with E-state index in [1.807, 2.05) is 0 Å². The lowest BCUT2D eigenvalue weighted by atomic mass is 9.32. The minimum atomic E-state index is -0.523. The number of hydrogen-bond donors (Lipinski definition) is 2. The first-order chi connectivity index (χ1) is 16.8. The summed E-state index contributed by atoms with van der Waals surface area (Å²) in [4.78, 5) is 29.8. The molecule has 0 unspecified atom stereocenters. The molecule has 36 heavy (non-hydrogen) atoms. The summed E-state index contributed by atoms with van der Waals surface area (Å²) in [7, 11) is 0. The third-order valence-electron chi connectivity index (χ3n) is 13.7. The van der Waals surface area contributed by atoms with E-state index in [0.29, 0.717) is 30.1 Å². The molecular formula is C31H49NO4. The lowest BCUT2D eigenvalue weighted by Crippen LogP contribution is -2.67. The monoisotopic (exact) mass is 499 g/mol. The predicted octanol–water partition coefficient (Wildman–Crippen LogP) is 6.21. The van der Waals surface area contributed by atoms with Gasteiger partial charge in [-0.15, -0.1) is 0 Å². The average molecular weight is 500 g/mol. The van der Waals surface area contributed by atoms with Gasteiger partial charge < -0.3 is 9.94 Å². The molecular weight excluding hydrogens is 450 g/mol. The largest absolute Gasteiger partial charge is 0.393 e. The van der Waals surface area contributed by atoms with Crippen molar-refractivity contribution in [1.29, 1.82) is 0 Å². The highest BCUT2D eigenvalue weighted by Crippen LogP contribution is 2.77. The molecule has 10 atom stereocenters. The second kappa shape index (κ2) is 8.32. The standard InChI is InChI=1S/C31H49NO4/c1-19(2)20-10-15-31(26(35)36-32-18-33)17-16-29(6)21(25(20)31)8-9-23-28(5)13-12-24(34)27(3,4)22(28)11-14-30(23,29)7/h18,20-25,34H,1,8-17H2,2-7H3,(H,32,33)/t20-,21+,22-,23+,24-,25+,28-,29+,30+,31-/m0/s1. The van der Waals surface area contributed by atoms with Gasteiger partial charge in [-0.2, -0.15) is 5.48 Å². The number of hydrogen-bond acceptors (Lipinski definition) is 4. The van der Waals surface area contributed by atoms with Gasteiger partial charge in [0.1, 0.15) is 0 Å². The zero-order valence-corrected chi connectivity index (χ0v) is 23.5. The summed E-state index contributed by atoms with van der Waals surface area (Å²) in [5, 5.41) is 10.9. The molecule has 5 nitrogen and oxygen atoms in total. The van der Waals surface area contributed by atoms with Gasteiger partial charge in [0.05, 0.1) is 11.5 Å². The number of fused-ring (bicyclic) bond motifs is 7. The Hall–Kier alpha value is -1.36. The van der Waals surface area contributed by atoms with Gasteiger partial charge in [0.2, 0.25) is 6.41 Å². The Balaban J connectivity index is 1.54. The lowest BCUT2D eigenvalue weighted by Gasteiger charge is -2.72. The van der Waals surface area contributed by atoms with Crippen LogP contribution in [0, 0.1) is 56.7 Å². The number of aliphatic hydroxyl groups is 1. The summed E-state index contributed by atoms with van der Waals surface area (Å²) in [6.45, 7) is 18.8. The van der Waals surface area contributed by atoms with Crippen molar-refractivity contribution in [2.24, 2.45) is 56.7 Å². The quantitative estimate of drug-likeness (QED) is 0.274. The molecule has 0 aromatic heterocycles. The van der Waals surface area contributed by atoms with Gasteiger partial charge in [-0.3, -0.25) is 4.79 Å². The number of nitrogens with one attached hydrogen (secondary N) is 1. The van der Waals surface area contributed by atoms with Crippen molar-refractivity contribution < 1.29 is 19.5 Å². The summed E-state index contributed by atoms with van der Waals surface area (Å²) in [5.74, 6) is 1.95. The van der Waals surface area contributed by atoms with Crippen LogP contribution in [0.2, 0.25) is 0 Å². The first kappa shape index (κ1) is 26.3. The van der Waals surface area contributed by atoms with Gasteiger partial charge in [-0.1, -0.05) is 46.8 Å². The molecule has 202 valence electrons. The fourth-order valence-corrected chi connectivity index (χ4v) is 11.7. The number of carbonyl (C=O) groups excluding carboxylic acids is 2. The Bertz CT molecular complexity index is 945. The van der Waals surface area contributed by atoms with Crippen LogP contribution in [0.3, 0.4) is 0 Å². The third kappa shape index (κ3) is 3.16. The van der Waals surface area contributed by atoms with E-state index in [1.54, 1.807) is 0 Å². The van der Waals surface area contributed by atoms with Crippen molar-refractivity contribution in [3.63, 3.8) is 0 Å². The van der Waals surface area contributed by atoms with Crippen LogP contribution in [-0.4, -0.2) is 23.6 Å². The Morgan fingerprint density at radius 2 is 1.64 bits per heavy atom. The first-order valence-corrected chi connectivity index (χ1v) is 14.5. The third-order valence-corrected chi connectivity index (χ3v) is 13.7. The van der Waals surface area contributed by atoms with E-state index < -0.39 is 5.41 Å². The van der Waals surface area contributed by atoms with Crippen LogP contribution < -0.4 is 5.48 Å². The van der Waals surface area contributed by atoms with E-state index in [0.717, 1.165) is 44.9 Å². The van der Waals surface area contributed by atoms with Crippen LogP contribution >= 0.6 is 0 Å². The molecule has 0 bridgehead atoms. The molecule has 5 aliphatic rings. The van der Waals surface area contributed by atoms with Crippen molar-refractivity contribution in [2.45, 2.75) is 112 Å². The maximum absolute atomic E-state index is 13.5. The number of carbonyl (C=O) groups is 2. The van der Waals surface area contributed by atoms with E-state index in [9.17, 15) is 14.7 Å². The number of amides is 1. The Kier molecular flexibility index (Phi) is 6.07. The van der Waals surface area contributed by atoms with Gasteiger partial charge in [-0.05, 0) is 122 Å². The highest BCUT2D eigenvalue weighted by molar-refractivity contribution is 5.78. The van der Waals surface area contributed by atoms with Gasteiger partial charge in [0.15, 0.2) is 0 Å². The lowest BCUT2D eigenvalue weighted by molar-refractivity contribution is -0.249. The van der Waals surface area contributed by atoms with E-state index in [2.05, 4.69) is 53.6 Å². The molecule has 0 radical (unpaired) electrons. The van der Waals surface area contributed by atoms with Gasteiger partial charge in [0.25, 0.3) is 0 Å². The molecule has 5 fully saturated rings. The van der Waals surface area contributed by atoms with Crippen LogP contribution in [0.25, 0.3) is 0 Å². The minimum Gasteiger partial charge on any atom is -0.393 e. The zero-order valence-electron chi connectivity index (χ0n) is 23.5. The Morgan fingerprint density at radius 1 is 0.917 bits per heavy atom. The molecule has 5 saturated carbocycles. The van der Waals surface area contributed by atoms with E-state index in [1.165, 1.54) is 24.8 Å². The van der Waals surface area contributed by atoms with Crippen LogP contribution in [0.5, 0.6) is 0 Å². The van der Waals surface area contributed by atoms with Crippen molar-refractivity contribution in [1.82, 2.24) is 5.48 Å². The zero-order chi connectivity index (χ0) is 26.3. The number of rotatable bonds is 4. The predicted molar refractivity (Wildman–Crippen MR) is 140 cm³/mol. The highest BCUT2D eigenvalue weighted by Gasteiger charge is 2.72. The Morgan fingerprint density at radius 3 is 2.31 bits per heavy atom. The number of aliphatic hydroxyl groups excluding tert-OH is 1. The smallest absolute Gasteiger partial charge is 0.338 e. The summed E-state index contributed by atoms with van der Waals surface area (Å²) >= 11 is 0. The first-order valence-electron chi connectivity index (χ1n) is 14.5. The molecule has 0 heterocycles. The molecule has 5 heteroatoms. The van der Waals surface area contributed by atoms with Crippen LogP contribution in [-0.2, 0) is 14.4 Å². The molecule has 1 amide bonds. The molecule has 5 rings (SSSR count). The fourth-order valence-electron chi connectivity index (χ4n) is 11.7. The Labute approximate surface area is 218 Å². The topological polar surface area (TPSA) is 75.6 Å². The summed E-state index contributed by atoms with van der Waals surface area (Å²) < 4.78 is 0.